The van der Waals surface area contributed by atoms with Crippen LogP contribution in [0.4, 0.5) is 0 Å². The van der Waals surface area contributed by atoms with E-state index in [1.807, 2.05) is 6.08 Å². The van der Waals surface area contributed by atoms with E-state index in [2.05, 4.69) is 13.8 Å². The highest BCUT2D eigenvalue weighted by Crippen LogP contribution is 2.68. The molecular formula is C21H32O6S. The van der Waals surface area contributed by atoms with Crippen molar-refractivity contribution >= 4 is 16.2 Å². The quantitative estimate of drug-likeness (QED) is 0.689. The normalized spacial score (nSPS) is 47.0. The molecule has 2 N–H and O–H groups in total. The summed E-state index contributed by atoms with van der Waals surface area (Å²) >= 11 is 0. The SMILES string of the molecule is C[C@@H](OS(=O)(=O)O)[C@@]1(O)CCC2C3CCC4=CC(=O)CC[C@]4(C)C3CC[C@@]21C. The van der Waals surface area contributed by atoms with Gasteiger partial charge in [-0.15, -0.1) is 0 Å². The lowest BCUT2D eigenvalue weighted by Crippen LogP contribution is -2.58. The van der Waals surface area contributed by atoms with Gasteiger partial charge in [-0.25, -0.2) is 4.18 Å². The first-order valence-electron chi connectivity index (χ1n) is 10.5. The predicted octanol–water partition coefficient (Wildman–Crippen LogP) is 3.46. The number of ketones is 1. The van der Waals surface area contributed by atoms with Gasteiger partial charge in [0, 0.05) is 11.8 Å². The highest BCUT2D eigenvalue weighted by Gasteiger charge is 2.65. The summed E-state index contributed by atoms with van der Waals surface area (Å²) in [5, 5.41) is 11.5. The third kappa shape index (κ3) is 2.84. The second-order valence-electron chi connectivity index (χ2n) is 10.1. The standard InChI is InChI=1S/C21H32O6S/c1-13(27-28(24,25)26)21(23)11-8-18-16-5-4-14-12-15(22)6-9-19(14,2)17(16)7-10-20(18,21)3/h12-13,16-18,23H,4-11H2,1-3H3,(H,24,25,26)/t13-,16?,17?,18?,19+,20+,21+/m1/s1. The van der Waals surface area contributed by atoms with Gasteiger partial charge in [0.05, 0.1) is 5.60 Å². The Morgan fingerprint density at radius 1 is 1.11 bits per heavy atom. The van der Waals surface area contributed by atoms with E-state index in [9.17, 15) is 18.3 Å². The zero-order valence-electron chi connectivity index (χ0n) is 17.0. The van der Waals surface area contributed by atoms with E-state index in [4.69, 9.17) is 8.74 Å². The first kappa shape index (κ1) is 20.5. The Morgan fingerprint density at radius 2 is 1.79 bits per heavy atom. The average molecular weight is 413 g/mol. The summed E-state index contributed by atoms with van der Waals surface area (Å²) in [6.07, 6.45) is 7.45. The molecule has 0 bridgehead atoms. The second-order valence-corrected chi connectivity index (χ2v) is 11.1. The topological polar surface area (TPSA) is 101 Å². The minimum atomic E-state index is -4.62. The van der Waals surface area contributed by atoms with E-state index in [-0.39, 0.29) is 11.2 Å². The fourth-order valence-electron chi connectivity index (χ4n) is 7.54. The number of fused-ring (bicyclic) bond motifs is 5. The first-order valence-corrected chi connectivity index (χ1v) is 11.9. The Morgan fingerprint density at radius 3 is 2.46 bits per heavy atom. The predicted molar refractivity (Wildman–Crippen MR) is 104 cm³/mol. The maximum Gasteiger partial charge on any atom is 0.397 e. The van der Waals surface area contributed by atoms with Crippen molar-refractivity contribution in [1.29, 1.82) is 0 Å². The van der Waals surface area contributed by atoms with E-state index >= 15 is 0 Å². The van der Waals surface area contributed by atoms with Crippen LogP contribution in [0.1, 0.15) is 72.1 Å². The van der Waals surface area contributed by atoms with Crippen LogP contribution < -0.4 is 0 Å². The zero-order chi connectivity index (χ0) is 20.5. The molecule has 0 aromatic rings. The van der Waals surface area contributed by atoms with Gasteiger partial charge in [-0.1, -0.05) is 19.4 Å². The Kier molecular flexibility index (Phi) is 4.66. The molecule has 0 aromatic carbocycles. The maximum absolute atomic E-state index is 11.9. The van der Waals surface area contributed by atoms with Crippen molar-refractivity contribution in [3.05, 3.63) is 11.6 Å². The molecule has 7 atom stereocenters. The Balaban J connectivity index is 1.64. The van der Waals surface area contributed by atoms with Crippen LogP contribution in [0.2, 0.25) is 0 Å². The van der Waals surface area contributed by atoms with E-state index < -0.39 is 27.5 Å². The highest BCUT2D eigenvalue weighted by atomic mass is 32.3. The second kappa shape index (κ2) is 6.37. The van der Waals surface area contributed by atoms with Crippen molar-refractivity contribution in [3.8, 4) is 0 Å². The van der Waals surface area contributed by atoms with E-state index in [0.29, 0.717) is 30.6 Å². The van der Waals surface area contributed by atoms with Crippen LogP contribution in [0.5, 0.6) is 0 Å². The molecule has 3 fully saturated rings. The van der Waals surface area contributed by atoms with E-state index in [1.54, 1.807) is 6.92 Å². The molecule has 0 aromatic heterocycles. The molecule has 0 spiro atoms. The van der Waals surface area contributed by atoms with Crippen LogP contribution in [0.3, 0.4) is 0 Å². The lowest BCUT2D eigenvalue weighted by Gasteiger charge is -2.59. The van der Waals surface area contributed by atoms with Gasteiger partial charge in [-0.2, -0.15) is 8.42 Å². The van der Waals surface area contributed by atoms with Crippen LogP contribution in [-0.2, 0) is 19.4 Å². The van der Waals surface area contributed by atoms with Crippen LogP contribution >= 0.6 is 0 Å². The number of aliphatic hydroxyl groups is 1. The molecule has 7 heteroatoms. The molecule has 4 aliphatic carbocycles. The van der Waals surface area contributed by atoms with Gasteiger partial charge in [0.2, 0.25) is 0 Å². The number of rotatable bonds is 3. The molecule has 3 unspecified atom stereocenters. The largest absolute Gasteiger partial charge is 0.397 e. The molecule has 6 nitrogen and oxygen atoms in total. The summed E-state index contributed by atoms with van der Waals surface area (Å²) in [7, 11) is -4.62. The van der Waals surface area contributed by atoms with Gasteiger partial charge in [-0.05, 0) is 81.1 Å². The van der Waals surface area contributed by atoms with E-state index in [1.165, 1.54) is 5.57 Å². The lowest BCUT2D eigenvalue weighted by molar-refractivity contribution is -0.166. The Labute approximate surface area is 167 Å². The summed E-state index contributed by atoms with van der Waals surface area (Å²) in [5.41, 5.74) is -0.349. The monoisotopic (exact) mass is 412 g/mol. The minimum absolute atomic E-state index is 0.0649. The molecule has 0 radical (unpaired) electrons. The third-order valence-corrected chi connectivity index (χ3v) is 9.65. The van der Waals surface area contributed by atoms with Crippen LogP contribution in [0.15, 0.2) is 11.6 Å². The Bertz CT molecular complexity index is 819. The average Bonchev–Trinajstić information content (AvgIpc) is 2.87. The summed E-state index contributed by atoms with van der Waals surface area (Å²) < 4.78 is 36.4. The highest BCUT2D eigenvalue weighted by molar-refractivity contribution is 7.80. The van der Waals surface area contributed by atoms with Crippen LogP contribution in [0, 0.1) is 28.6 Å². The lowest BCUT2D eigenvalue weighted by atomic mass is 9.46. The van der Waals surface area contributed by atoms with Crippen molar-refractivity contribution in [2.45, 2.75) is 83.8 Å². The summed E-state index contributed by atoms with van der Waals surface area (Å²) in [6.45, 7) is 5.93. The fourth-order valence-corrected chi connectivity index (χ4v) is 8.06. The number of carbonyl (C=O) groups excluding carboxylic acids is 1. The first-order chi connectivity index (χ1) is 12.9. The van der Waals surface area contributed by atoms with Gasteiger partial charge < -0.3 is 5.11 Å². The van der Waals surface area contributed by atoms with E-state index in [0.717, 1.165) is 38.5 Å². The number of allylic oxidation sites excluding steroid dienone is 1. The smallest absolute Gasteiger partial charge is 0.387 e. The third-order valence-electron chi connectivity index (χ3n) is 9.12. The number of hydrogen-bond donors (Lipinski definition) is 2. The molecule has 0 saturated heterocycles. The molecular weight excluding hydrogens is 380 g/mol. The van der Waals surface area contributed by atoms with Gasteiger partial charge in [0.15, 0.2) is 5.78 Å². The molecule has 0 amide bonds. The van der Waals surface area contributed by atoms with Crippen LogP contribution in [0.25, 0.3) is 0 Å². The summed E-state index contributed by atoms with van der Waals surface area (Å²) in [6, 6.07) is 0. The Hall–Kier alpha value is -0.760. The van der Waals surface area contributed by atoms with Crippen LogP contribution in [-0.4, -0.2) is 35.6 Å². The van der Waals surface area contributed by atoms with Crippen molar-refractivity contribution in [3.63, 3.8) is 0 Å². The van der Waals surface area contributed by atoms with Crippen molar-refractivity contribution in [2.24, 2.45) is 28.6 Å². The number of carbonyl (C=O) groups is 1. The zero-order valence-corrected chi connectivity index (χ0v) is 17.8. The van der Waals surface area contributed by atoms with Gasteiger partial charge in [0.1, 0.15) is 6.10 Å². The van der Waals surface area contributed by atoms with Gasteiger partial charge in [0.25, 0.3) is 0 Å². The molecule has 0 aliphatic heterocycles. The van der Waals surface area contributed by atoms with Crippen molar-refractivity contribution < 1.29 is 27.1 Å². The fraction of sp³-hybridized carbons (Fsp3) is 0.857. The van der Waals surface area contributed by atoms with Gasteiger partial charge in [-0.3, -0.25) is 9.35 Å². The molecule has 4 aliphatic rings. The minimum Gasteiger partial charge on any atom is -0.387 e. The summed E-state index contributed by atoms with van der Waals surface area (Å²) in [4.78, 5) is 11.9. The maximum atomic E-state index is 11.9. The molecule has 3 saturated carbocycles. The van der Waals surface area contributed by atoms with Crippen molar-refractivity contribution in [2.75, 3.05) is 0 Å². The molecule has 4 rings (SSSR count). The molecule has 0 heterocycles. The molecule has 28 heavy (non-hydrogen) atoms. The van der Waals surface area contributed by atoms with Crippen molar-refractivity contribution in [1.82, 2.24) is 0 Å². The summed E-state index contributed by atoms with van der Waals surface area (Å²) in [5.74, 6) is 1.50. The molecule has 158 valence electrons. The number of hydrogen-bond acceptors (Lipinski definition) is 5. The van der Waals surface area contributed by atoms with Gasteiger partial charge >= 0.3 is 10.4 Å².